The van der Waals surface area contributed by atoms with E-state index in [-0.39, 0.29) is 0 Å². The summed E-state index contributed by atoms with van der Waals surface area (Å²) in [5.41, 5.74) is 2.54. The van der Waals surface area contributed by atoms with Gasteiger partial charge in [0.1, 0.15) is 0 Å². The molecular weight excluding hydrogens is 118 g/mol. The van der Waals surface area contributed by atoms with Gasteiger partial charge in [0.15, 0.2) is 0 Å². The van der Waals surface area contributed by atoms with Crippen molar-refractivity contribution in [3.63, 3.8) is 0 Å². The Morgan fingerprint density at radius 3 is 2.67 bits per heavy atom. The molecule has 0 aromatic carbocycles. The van der Waals surface area contributed by atoms with Crippen LogP contribution in [-0.2, 0) is 4.74 Å². The highest BCUT2D eigenvalue weighted by Crippen LogP contribution is 1.61. The summed E-state index contributed by atoms with van der Waals surface area (Å²) < 4.78 is 4.81. The van der Waals surface area contributed by atoms with Gasteiger partial charge in [-0.1, -0.05) is 0 Å². The van der Waals surface area contributed by atoms with Crippen LogP contribution in [-0.4, -0.2) is 33.4 Å². The number of rotatable bonds is 6. The molecule has 0 aliphatic heterocycles. The average molecular weight is 133 g/mol. The van der Waals surface area contributed by atoms with Crippen LogP contribution in [0.4, 0.5) is 0 Å². The number of hydrogen-bond acceptors (Lipinski definition) is 4. The summed E-state index contributed by atoms with van der Waals surface area (Å²) in [7, 11) is 1.68. The summed E-state index contributed by atoms with van der Waals surface area (Å²) in [5, 5.41) is 3.12. The zero-order valence-electron chi connectivity index (χ0n) is 5.81. The molecule has 4 heteroatoms. The van der Waals surface area contributed by atoms with E-state index in [0.29, 0.717) is 0 Å². The monoisotopic (exact) mass is 133 g/mol. The molecule has 0 aliphatic rings. The molecule has 4 nitrogen and oxygen atoms in total. The Morgan fingerprint density at radius 1 is 1.33 bits per heavy atom. The predicted molar refractivity (Wildman–Crippen MR) is 36.9 cm³/mol. The third-order valence-electron chi connectivity index (χ3n) is 0.929. The summed E-state index contributed by atoms with van der Waals surface area (Å²) in [4.78, 5) is 0. The third-order valence-corrected chi connectivity index (χ3v) is 0.929. The van der Waals surface area contributed by atoms with Gasteiger partial charge in [0.25, 0.3) is 0 Å². The van der Waals surface area contributed by atoms with Gasteiger partial charge in [-0.3, -0.25) is 11.3 Å². The second kappa shape index (κ2) is 7.84. The molecule has 0 fully saturated rings. The number of methoxy groups -OCH3 is 1. The van der Waals surface area contributed by atoms with Gasteiger partial charge in [0, 0.05) is 26.7 Å². The Labute approximate surface area is 55.7 Å². The molecule has 56 valence electrons. The maximum atomic E-state index is 5.02. The molecule has 0 aliphatic carbocycles. The lowest BCUT2D eigenvalue weighted by atomic mass is 10.6. The summed E-state index contributed by atoms with van der Waals surface area (Å²) in [6.45, 7) is 3.33. The number of ether oxygens (including phenoxy) is 1. The molecule has 0 amide bonds. The Hall–Kier alpha value is -0.160. The first-order valence-electron chi connectivity index (χ1n) is 3.05. The van der Waals surface area contributed by atoms with Crippen LogP contribution >= 0.6 is 0 Å². The van der Waals surface area contributed by atoms with Gasteiger partial charge in [-0.15, -0.1) is 0 Å². The van der Waals surface area contributed by atoms with Gasteiger partial charge in [-0.05, 0) is 0 Å². The zero-order valence-corrected chi connectivity index (χ0v) is 5.81. The molecule has 9 heavy (non-hydrogen) atoms. The van der Waals surface area contributed by atoms with Gasteiger partial charge < -0.3 is 10.1 Å². The molecule has 0 spiro atoms. The Balaban J connectivity index is 2.60. The van der Waals surface area contributed by atoms with Crippen LogP contribution in [0.25, 0.3) is 0 Å². The van der Waals surface area contributed by atoms with E-state index in [1.165, 1.54) is 0 Å². The fraction of sp³-hybridized carbons (Fsp3) is 1.00. The van der Waals surface area contributed by atoms with E-state index < -0.39 is 0 Å². The van der Waals surface area contributed by atoms with Crippen molar-refractivity contribution in [3.8, 4) is 0 Å². The van der Waals surface area contributed by atoms with Crippen LogP contribution < -0.4 is 16.6 Å². The largest absolute Gasteiger partial charge is 0.383 e. The van der Waals surface area contributed by atoms with Crippen LogP contribution in [0.1, 0.15) is 0 Å². The summed E-state index contributed by atoms with van der Waals surface area (Å²) in [6, 6.07) is 0. The van der Waals surface area contributed by atoms with Crippen molar-refractivity contribution in [1.29, 1.82) is 0 Å². The van der Waals surface area contributed by atoms with E-state index in [4.69, 9.17) is 10.6 Å². The predicted octanol–water partition coefficient (Wildman–Crippen LogP) is -1.31. The van der Waals surface area contributed by atoms with E-state index >= 15 is 0 Å². The quantitative estimate of drug-likeness (QED) is 0.239. The molecule has 0 saturated heterocycles. The first-order chi connectivity index (χ1) is 4.41. The van der Waals surface area contributed by atoms with Crippen LogP contribution in [0.15, 0.2) is 0 Å². The minimum atomic E-state index is 0.755. The van der Waals surface area contributed by atoms with Crippen molar-refractivity contribution >= 4 is 0 Å². The fourth-order valence-electron chi connectivity index (χ4n) is 0.460. The van der Waals surface area contributed by atoms with Crippen molar-refractivity contribution < 1.29 is 4.74 Å². The molecule has 0 radical (unpaired) electrons. The van der Waals surface area contributed by atoms with Gasteiger partial charge in [-0.2, -0.15) is 0 Å². The van der Waals surface area contributed by atoms with Crippen molar-refractivity contribution in [1.82, 2.24) is 10.7 Å². The highest BCUT2D eigenvalue weighted by molar-refractivity contribution is 4.45. The number of nitrogens with one attached hydrogen (secondary N) is 2. The van der Waals surface area contributed by atoms with E-state index in [1.54, 1.807) is 7.11 Å². The first-order valence-corrected chi connectivity index (χ1v) is 3.05. The van der Waals surface area contributed by atoms with Crippen LogP contribution in [0.5, 0.6) is 0 Å². The highest BCUT2D eigenvalue weighted by Gasteiger charge is 1.82. The SMILES string of the molecule is COCCNCCNN. The normalized spacial score (nSPS) is 10.0. The standard InChI is InChI=1S/C5H15N3O/c1-9-5-4-7-2-3-8-6/h7-8H,2-6H2,1H3. The van der Waals surface area contributed by atoms with Crippen molar-refractivity contribution in [2.24, 2.45) is 5.84 Å². The first kappa shape index (κ1) is 8.84. The molecule has 0 aromatic rings. The average Bonchev–Trinajstić information content (AvgIpc) is 1.89. The van der Waals surface area contributed by atoms with Crippen molar-refractivity contribution in [2.45, 2.75) is 0 Å². The molecule has 4 N–H and O–H groups in total. The molecule has 0 heterocycles. The van der Waals surface area contributed by atoms with Crippen LogP contribution in [0.3, 0.4) is 0 Å². The molecule has 0 aromatic heterocycles. The topological polar surface area (TPSA) is 59.3 Å². The van der Waals surface area contributed by atoms with Crippen LogP contribution in [0.2, 0.25) is 0 Å². The van der Waals surface area contributed by atoms with Crippen LogP contribution in [0, 0.1) is 0 Å². The smallest absolute Gasteiger partial charge is 0.0587 e. The van der Waals surface area contributed by atoms with E-state index in [9.17, 15) is 0 Å². The Kier molecular flexibility index (Phi) is 7.70. The molecule has 0 atom stereocenters. The second-order valence-electron chi connectivity index (χ2n) is 1.70. The number of hydrogen-bond donors (Lipinski definition) is 3. The van der Waals surface area contributed by atoms with E-state index in [2.05, 4.69) is 10.7 Å². The Bertz CT molecular complexity index is 45.5. The fourth-order valence-corrected chi connectivity index (χ4v) is 0.460. The zero-order chi connectivity index (χ0) is 6.95. The highest BCUT2D eigenvalue weighted by atomic mass is 16.5. The summed E-state index contributed by atoms with van der Waals surface area (Å²) >= 11 is 0. The lowest BCUT2D eigenvalue weighted by molar-refractivity contribution is 0.199. The maximum Gasteiger partial charge on any atom is 0.0587 e. The summed E-state index contributed by atoms with van der Waals surface area (Å²) in [6.07, 6.45) is 0. The summed E-state index contributed by atoms with van der Waals surface area (Å²) in [5.74, 6) is 5.02. The van der Waals surface area contributed by atoms with Gasteiger partial charge in [-0.25, -0.2) is 0 Å². The van der Waals surface area contributed by atoms with E-state index in [0.717, 1.165) is 26.2 Å². The number of hydrazine groups is 1. The lowest BCUT2D eigenvalue weighted by Gasteiger charge is -2.01. The second-order valence-corrected chi connectivity index (χ2v) is 1.70. The van der Waals surface area contributed by atoms with E-state index in [1.807, 2.05) is 0 Å². The maximum absolute atomic E-state index is 5.02. The Morgan fingerprint density at radius 2 is 2.11 bits per heavy atom. The lowest BCUT2D eigenvalue weighted by Crippen LogP contribution is -2.32. The molecule has 0 bridgehead atoms. The molecular formula is C5H15N3O. The third kappa shape index (κ3) is 7.84. The van der Waals surface area contributed by atoms with Crippen molar-refractivity contribution in [2.75, 3.05) is 33.4 Å². The number of nitrogens with two attached hydrogens (primary N) is 1. The molecule has 0 unspecified atom stereocenters. The molecule has 0 saturated carbocycles. The minimum Gasteiger partial charge on any atom is -0.383 e. The van der Waals surface area contributed by atoms with Crippen molar-refractivity contribution in [3.05, 3.63) is 0 Å². The minimum absolute atomic E-state index is 0.755. The van der Waals surface area contributed by atoms with Gasteiger partial charge >= 0.3 is 0 Å². The molecule has 0 rings (SSSR count). The van der Waals surface area contributed by atoms with Gasteiger partial charge in [0.05, 0.1) is 6.61 Å². The van der Waals surface area contributed by atoms with Gasteiger partial charge in [0.2, 0.25) is 0 Å².